The Morgan fingerprint density at radius 1 is 1.42 bits per heavy atom. The first-order chi connectivity index (χ1) is 8.67. The van der Waals surface area contributed by atoms with Crippen LogP contribution in [0.15, 0.2) is 18.2 Å². The van der Waals surface area contributed by atoms with Crippen molar-refractivity contribution in [2.75, 3.05) is 20.7 Å². The van der Waals surface area contributed by atoms with Gasteiger partial charge < -0.3 is 15.4 Å². The van der Waals surface area contributed by atoms with Gasteiger partial charge in [-0.3, -0.25) is 4.79 Å². The van der Waals surface area contributed by atoms with Gasteiger partial charge in [-0.25, -0.2) is 0 Å². The molecule has 0 fully saturated rings. The van der Waals surface area contributed by atoms with E-state index in [-0.39, 0.29) is 18.3 Å². The highest BCUT2D eigenvalue weighted by Crippen LogP contribution is 2.22. The average Bonchev–Trinajstić information content (AvgIpc) is 2.37. The molecular weight excluding hydrogens is 287 g/mol. The number of ether oxygens (including phenoxy) is 1. The standard InChI is InChI=1S/C13H19ClN2O2.ClH/c1-15-7-3-4-13(17)16-9-10-8-11(14)5-6-12(10)18-2;/h5-6,8,15H,3-4,7,9H2,1-2H3,(H,16,17);1H. The monoisotopic (exact) mass is 306 g/mol. The van der Waals surface area contributed by atoms with Crippen LogP contribution in [0.4, 0.5) is 0 Å². The third-order valence-corrected chi connectivity index (χ3v) is 2.78. The molecule has 19 heavy (non-hydrogen) atoms. The quantitative estimate of drug-likeness (QED) is 0.761. The zero-order valence-corrected chi connectivity index (χ0v) is 12.7. The third kappa shape index (κ3) is 6.66. The molecule has 1 rings (SSSR count). The molecule has 0 aromatic heterocycles. The molecule has 0 heterocycles. The van der Waals surface area contributed by atoms with E-state index in [4.69, 9.17) is 16.3 Å². The molecule has 0 saturated carbocycles. The van der Waals surface area contributed by atoms with E-state index in [2.05, 4.69) is 10.6 Å². The Morgan fingerprint density at radius 3 is 2.79 bits per heavy atom. The molecule has 6 heteroatoms. The number of nitrogens with one attached hydrogen (secondary N) is 2. The van der Waals surface area contributed by atoms with Gasteiger partial charge in [0.1, 0.15) is 5.75 Å². The second kappa shape index (κ2) is 9.89. The van der Waals surface area contributed by atoms with Crippen molar-refractivity contribution in [3.05, 3.63) is 28.8 Å². The molecule has 1 amide bonds. The summed E-state index contributed by atoms with van der Waals surface area (Å²) in [5.74, 6) is 0.766. The summed E-state index contributed by atoms with van der Waals surface area (Å²) in [4.78, 5) is 11.6. The Morgan fingerprint density at radius 2 is 2.16 bits per heavy atom. The van der Waals surface area contributed by atoms with E-state index in [1.54, 1.807) is 25.3 Å². The molecule has 2 N–H and O–H groups in total. The van der Waals surface area contributed by atoms with Gasteiger partial charge in [0.2, 0.25) is 5.91 Å². The van der Waals surface area contributed by atoms with Crippen LogP contribution in [-0.2, 0) is 11.3 Å². The van der Waals surface area contributed by atoms with Crippen LogP contribution in [0.25, 0.3) is 0 Å². The largest absolute Gasteiger partial charge is 0.496 e. The van der Waals surface area contributed by atoms with Crippen LogP contribution in [-0.4, -0.2) is 26.6 Å². The number of carbonyl (C=O) groups excluding carboxylic acids is 1. The molecule has 108 valence electrons. The lowest BCUT2D eigenvalue weighted by Gasteiger charge is -2.10. The van der Waals surface area contributed by atoms with Crippen LogP contribution in [0.1, 0.15) is 18.4 Å². The number of rotatable bonds is 7. The zero-order valence-electron chi connectivity index (χ0n) is 11.2. The van der Waals surface area contributed by atoms with Crippen LogP contribution in [0.3, 0.4) is 0 Å². The van der Waals surface area contributed by atoms with Gasteiger partial charge in [0, 0.05) is 23.6 Å². The molecule has 0 atom stereocenters. The fourth-order valence-corrected chi connectivity index (χ4v) is 1.79. The maximum atomic E-state index is 11.6. The minimum Gasteiger partial charge on any atom is -0.496 e. The highest BCUT2D eigenvalue weighted by molar-refractivity contribution is 6.30. The SMILES string of the molecule is CNCCCC(=O)NCc1cc(Cl)ccc1OC.Cl. The topological polar surface area (TPSA) is 50.4 Å². The van der Waals surface area contributed by atoms with E-state index in [1.165, 1.54) is 0 Å². The molecule has 0 aliphatic rings. The fourth-order valence-electron chi connectivity index (χ4n) is 1.59. The van der Waals surface area contributed by atoms with E-state index in [0.29, 0.717) is 18.0 Å². The number of carbonyl (C=O) groups is 1. The minimum absolute atomic E-state index is 0. The Balaban J connectivity index is 0.00000324. The van der Waals surface area contributed by atoms with Gasteiger partial charge >= 0.3 is 0 Å². The molecule has 0 bridgehead atoms. The van der Waals surface area contributed by atoms with Crippen molar-refractivity contribution < 1.29 is 9.53 Å². The van der Waals surface area contributed by atoms with Crippen LogP contribution < -0.4 is 15.4 Å². The van der Waals surface area contributed by atoms with Gasteiger partial charge in [0.05, 0.1) is 7.11 Å². The molecule has 0 spiro atoms. The molecular formula is C13H20Cl2N2O2. The lowest BCUT2D eigenvalue weighted by atomic mass is 10.2. The first-order valence-corrected chi connectivity index (χ1v) is 6.29. The maximum absolute atomic E-state index is 11.6. The van der Waals surface area contributed by atoms with Crippen molar-refractivity contribution in [3.8, 4) is 5.75 Å². The predicted octanol–water partition coefficient (Wildman–Crippen LogP) is 2.39. The molecule has 0 radical (unpaired) electrons. The molecule has 1 aromatic carbocycles. The Labute approximate surface area is 125 Å². The third-order valence-electron chi connectivity index (χ3n) is 2.55. The van der Waals surface area contributed by atoms with E-state index in [1.807, 2.05) is 7.05 Å². The first-order valence-electron chi connectivity index (χ1n) is 5.91. The number of methoxy groups -OCH3 is 1. The van der Waals surface area contributed by atoms with Crippen molar-refractivity contribution in [2.45, 2.75) is 19.4 Å². The van der Waals surface area contributed by atoms with Gasteiger partial charge in [-0.2, -0.15) is 0 Å². The normalized spacial score (nSPS) is 9.63. The van der Waals surface area contributed by atoms with Gasteiger partial charge in [0.25, 0.3) is 0 Å². The number of amides is 1. The molecule has 0 aliphatic carbocycles. The molecule has 4 nitrogen and oxygen atoms in total. The first kappa shape index (κ1) is 18.0. The second-order valence-corrected chi connectivity index (χ2v) is 4.38. The summed E-state index contributed by atoms with van der Waals surface area (Å²) in [6.07, 6.45) is 1.35. The van der Waals surface area contributed by atoms with Crippen molar-refractivity contribution in [2.24, 2.45) is 0 Å². The number of hydrogen-bond acceptors (Lipinski definition) is 3. The summed E-state index contributed by atoms with van der Waals surface area (Å²) in [7, 11) is 3.47. The van der Waals surface area contributed by atoms with E-state index >= 15 is 0 Å². The summed E-state index contributed by atoms with van der Waals surface area (Å²) >= 11 is 5.91. The average molecular weight is 307 g/mol. The van der Waals surface area contributed by atoms with Crippen LogP contribution in [0.5, 0.6) is 5.75 Å². The number of benzene rings is 1. The zero-order chi connectivity index (χ0) is 13.4. The highest BCUT2D eigenvalue weighted by atomic mass is 35.5. The van der Waals surface area contributed by atoms with Gasteiger partial charge in [-0.15, -0.1) is 12.4 Å². The predicted molar refractivity (Wildman–Crippen MR) is 80.3 cm³/mol. The summed E-state index contributed by atoms with van der Waals surface area (Å²) in [5, 5.41) is 6.49. The van der Waals surface area contributed by atoms with Gasteiger partial charge in [0.15, 0.2) is 0 Å². The number of halogens is 2. The Hall–Kier alpha value is -0.970. The van der Waals surface area contributed by atoms with Crippen molar-refractivity contribution in [3.63, 3.8) is 0 Å². The van der Waals surface area contributed by atoms with Crippen molar-refractivity contribution in [1.82, 2.24) is 10.6 Å². The van der Waals surface area contributed by atoms with Crippen molar-refractivity contribution >= 4 is 29.9 Å². The molecule has 0 aliphatic heterocycles. The molecule has 0 unspecified atom stereocenters. The minimum atomic E-state index is 0. The second-order valence-electron chi connectivity index (χ2n) is 3.94. The van der Waals surface area contributed by atoms with Crippen LogP contribution in [0.2, 0.25) is 5.02 Å². The Kier molecular flexibility index (Phi) is 9.39. The Bertz CT molecular complexity index is 400. The molecule has 1 aromatic rings. The van der Waals surface area contributed by atoms with E-state index in [0.717, 1.165) is 24.3 Å². The number of hydrogen-bond donors (Lipinski definition) is 2. The van der Waals surface area contributed by atoms with Crippen LogP contribution in [0, 0.1) is 0 Å². The maximum Gasteiger partial charge on any atom is 0.220 e. The van der Waals surface area contributed by atoms with E-state index in [9.17, 15) is 4.79 Å². The fraction of sp³-hybridized carbons (Fsp3) is 0.462. The molecule has 0 saturated heterocycles. The lowest BCUT2D eigenvalue weighted by Crippen LogP contribution is -2.23. The van der Waals surface area contributed by atoms with Gasteiger partial charge in [-0.1, -0.05) is 11.6 Å². The van der Waals surface area contributed by atoms with Gasteiger partial charge in [-0.05, 0) is 38.2 Å². The smallest absolute Gasteiger partial charge is 0.220 e. The van der Waals surface area contributed by atoms with E-state index < -0.39 is 0 Å². The van der Waals surface area contributed by atoms with Crippen molar-refractivity contribution in [1.29, 1.82) is 0 Å². The van der Waals surface area contributed by atoms with Crippen LogP contribution >= 0.6 is 24.0 Å². The summed E-state index contributed by atoms with van der Waals surface area (Å²) in [6.45, 7) is 1.27. The lowest BCUT2D eigenvalue weighted by molar-refractivity contribution is -0.121. The summed E-state index contributed by atoms with van der Waals surface area (Å²) in [6, 6.07) is 5.36. The highest BCUT2D eigenvalue weighted by Gasteiger charge is 2.06. The summed E-state index contributed by atoms with van der Waals surface area (Å²) < 4.78 is 5.21. The summed E-state index contributed by atoms with van der Waals surface area (Å²) in [5.41, 5.74) is 0.881.